The van der Waals surface area contributed by atoms with E-state index in [9.17, 15) is 19.6 Å². The SMILES string of the molecule is COCCNc1cc(NC(=O)N2c3nc(C=O)c(CN(C)C(=O)COC)cc3C3(F)CC2C3)ncc1C#N. The number of halogens is 1. The minimum atomic E-state index is -1.68. The molecule has 0 atom stereocenters. The summed E-state index contributed by atoms with van der Waals surface area (Å²) < 4.78 is 25.5. The summed E-state index contributed by atoms with van der Waals surface area (Å²) in [6, 6.07) is 4.03. The number of anilines is 3. The van der Waals surface area contributed by atoms with Crippen molar-refractivity contribution in [1.29, 1.82) is 5.26 Å². The molecule has 200 valence electrons. The number of hydrogen-bond donors (Lipinski definition) is 2. The van der Waals surface area contributed by atoms with Crippen LogP contribution >= 0.6 is 0 Å². The molecule has 0 unspecified atom stereocenters. The standard InChI is InChI=1S/C25H28FN7O5/c1-32(22(35)14-38-3)12-15-6-18-23(30-20(15)13-34)33(17-8-25(18,26)9-17)24(36)31-21-7-19(28-4-5-37-2)16(10-27)11-29-21/h6-7,11,13,17H,4-5,8-9,12,14H2,1-3H3,(H2,28,29,31,36). The maximum atomic E-state index is 15.7. The van der Waals surface area contributed by atoms with Crippen LogP contribution in [-0.4, -0.2) is 80.2 Å². The van der Waals surface area contributed by atoms with Crippen LogP contribution in [-0.2, 0) is 26.5 Å². The maximum absolute atomic E-state index is 15.7. The molecule has 13 heteroatoms. The minimum Gasteiger partial charge on any atom is -0.383 e. The van der Waals surface area contributed by atoms with Gasteiger partial charge in [0.05, 0.1) is 17.9 Å². The minimum absolute atomic E-state index is 0.00430. The molecule has 38 heavy (non-hydrogen) atoms. The lowest BCUT2D eigenvalue weighted by Crippen LogP contribution is -2.60. The van der Waals surface area contributed by atoms with Crippen molar-refractivity contribution in [2.24, 2.45) is 0 Å². The molecule has 0 radical (unpaired) electrons. The Labute approximate surface area is 218 Å². The number of alkyl halides is 1. The Morgan fingerprint density at radius 3 is 2.76 bits per heavy atom. The Morgan fingerprint density at radius 2 is 2.11 bits per heavy atom. The summed E-state index contributed by atoms with van der Waals surface area (Å²) in [4.78, 5) is 48.6. The molecule has 2 aliphatic heterocycles. The Morgan fingerprint density at radius 1 is 1.34 bits per heavy atom. The third kappa shape index (κ3) is 5.13. The number of ether oxygens (including phenoxy) is 2. The summed E-state index contributed by atoms with van der Waals surface area (Å²) in [6.45, 7) is 0.738. The second-order valence-corrected chi connectivity index (χ2v) is 9.18. The zero-order valence-corrected chi connectivity index (χ0v) is 21.3. The van der Waals surface area contributed by atoms with Gasteiger partial charge < -0.3 is 19.7 Å². The van der Waals surface area contributed by atoms with Crippen LogP contribution in [0.25, 0.3) is 0 Å². The molecule has 3 amide bonds. The molecule has 2 aromatic rings. The number of rotatable bonds is 10. The highest BCUT2D eigenvalue weighted by molar-refractivity contribution is 6.03. The molecule has 2 bridgehead atoms. The molecule has 0 aromatic carbocycles. The van der Waals surface area contributed by atoms with Gasteiger partial charge in [0.25, 0.3) is 0 Å². The first-order valence-electron chi connectivity index (χ1n) is 11.9. The number of likely N-dealkylation sites (N-methyl/N-ethyl adjacent to an activating group) is 1. The van der Waals surface area contributed by atoms with E-state index in [0.717, 1.165) is 0 Å². The van der Waals surface area contributed by atoms with E-state index in [0.29, 0.717) is 36.3 Å². The summed E-state index contributed by atoms with van der Waals surface area (Å²) in [6.07, 6.45) is 2.02. The van der Waals surface area contributed by atoms with Gasteiger partial charge in [0.1, 0.15) is 35.7 Å². The fourth-order valence-electron chi connectivity index (χ4n) is 4.62. The number of amides is 3. The monoisotopic (exact) mass is 525 g/mol. The highest BCUT2D eigenvalue weighted by Crippen LogP contribution is 2.55. The molecule has 1 fully saturated rings. The van der Waals surface area contributed by atoms with Crippen LogP contribution in [0.3, 0.4) is 0 Å². The molecular weight excluding hydrogens is 497 g/mol. The smallest absolute Gasteiger partial charge is 0.328 e. The Bertz CT molecular complexity index is 1290. The number of methoxy groups -OCH3 is 2. The van der Waals surface area contributed by atoms with Gasteiger partial charge in [0.15, 0.2) is 6.29 Å². The van der Waals surface area contributed by atoms with E-state index >= 15 is 4.39 Å². The quantitative estimate of drug-likeness (QED) is 0.351. The van der Waals surface area contributed by atoms with Crippen molar-refractivity contribution >= 4 is 35.5 Å². The Kier molecular flexibility index (Phi) is 7.84. The average Bonchev–Trinajstić information content (AvgIpc) is 2.88. The van der Waals surface area contributed by atoms with Gasteiger partial charge in [-0.15, -0.1) is 0 Å². The van der Waals surface area contributed by atoms with Gasteiger partial charge in [-0.25, -0.2) is 19.2 Å². The van der Waals surface area contributed by atoms with E-state index in [1.54, 1.807) is 14.2 Å². The lowest BCUT2D eigenvalue weighted by molar-refractivity contribution is -0.134. The van der Waals surface area contributed by atoms with Crippen molar-refractivity contribution in [3.05, 3.63) is 40.7 Å². The first-order valence-corrected chi connectivity index (χ1v) is 11.9. The molecule has 0 saturated heterocycles. The number of nitrogens with one attached hydrogen (secondary N) is 2. The fraction of sp³-hybridized carbons (Fsp3) is 0.440. The molecular formula is C25H28FN7O5. The summed E-state index contributed by atoms with van der Waals surface area (Å²) >= 11 is 0. The summed E-state index contributed by atoms with van der Waals surface area (Å²) in [5.74, 6) is -0.0820. The average molecular weight is 526 g/mol. The van der Waals surface area contributed by atoms with E-state index < -0.39 is 17.7 Å². The van der Waals surface area contributed by atoms with E-state index in [4.69, 9.17) is 9.47 Å². The largest absolute Gasteiger partial charge is 0.383 e. The maximum Gasteiger partial charge on any atom is 0.328 e. The molecule has 3 aliphatic rings. The molecule has 2 N–H and O–H groups in total. The van der Waals surface area contributed by atoms with Crippen LogP contribution in [0.2, 0.25) is 0 Å². The predicted octanol–water partition coefficient (Wildman–Crippen LogP) is 2.20. The summed E-state index contributed by atoms with van der Waals surface area (Å²) in [5.41, 5.74) is -0.349. The lowest BCUT2D eigenvalue weighted by Gasteiger charge is -2.52. The van der Waals surface area contributed by atoms with Crippen molar-refractivity contribution in [3.63, 3.8) is 0 Å². The van der Waals surface area contributed by atoms with Crippen LogP contribution in [0.15, 0.2) is 18.3 Å². The number of hydrogen-bond acceptors (Lipinski definition) is 9. The van der Waals surface area contributed by atoms with Gasteiger partial charge in [-0.1, -0.05) is 0 Å². The Hall–Kier alpha value is -4.15. The third-order valence-corrected chi connectivity index (χ3v) is 6.62. The number of urea groups is 1. The van der Waals surface area contributed by atoms with E-state index in [1.165, 1.54) is 35.2 Å². The second kappa shape index (κ2) is 11.1. The van der Waals surface area contributed by atoms with Crippen molar-refractivity contribution in [2.75, 3.05) is 56.6 Å². The number of aldehydes is 1. The fourth-order valence-corrected chi connectivity index (χ4v) is 4.62. The van der Waals surface area contributed by atoms with Gasteiger partial charge >= 0.3 is 6.03 Å². The van der Waals surface area contributed by atoms with Gasteiger partial charge in [0, 0.05) is 76.6 Å². The normalized spacial score (nSPS) is 19.0. The number of pyridine rings is 2. The molecule has 0 spiro atoms. The second-order valence-electron chi connectivity index (χ2n) is 9.18. The van der Waals surface area contributed by atoms with Crippen molar-refractivity contribution < 1.29 is 28.2 Å². The predicted molar refractivity (Wildman–Crippen MR) is 135 cm³/mol. The van der Waals surface area contributed by atoms with Crippen molar-refractivity contribution in [2.45, 2.75) is 31.1 Å². The first kappa shape index (κ1) is 26.9. The number of carbonyl (C=O) groups excluding carboxylic acids is 3. The highest BCUT2D eigenvalue weighted by Gasteiger charge is 2.57. The first-order chi connectivity index (χ1) is 18.2. The zero-order chi connectivity index (χ0) is 27.4. The van der Waals surface area contributed by atoms with E-state index in [-0.39, 0.29) is 54.8 Å². The lowest BCUT2D eigenvalue weighted by atomic mass is 9.68. The van der Waals surface area contributed by atoms with Crippen LogP contribution in [0.5, 0.6) is 0 Å². The molecule has 12 nitrogen and oxygen atoms in total. The van der Waals surface area contributed by atoms with Gasteiger partial charge in [-0.2, -0.15) is 5.26 Å². The van der Waals surface area contributed by atoms with E-state index in [2.05, 4.69) is 20.6 Å². The molecule has 2 aromatic heterocycles. The van der Waals surface area contributed by atoms with Crippen molar-refractivity contribution in [1.82, 2.24) is 14.9 Å². The van der Waals surface area contributed by atoms with Gasteiger partial charge in [-0.05, 0) is 6.07 Å². The topological polar surface area (TPSA) is 150 Å². The number of nitriles is 1. The highest BCUT2D eigenvalue weighted by atomic mass is 19.1. The van der Waals surface area contributed by atoms with Gasteiger partial charge in [0.2, 0.25) is 5.91 Å². The molecule has 5 rings (SSSR count). The van der Waals surface area contributed by atoms with Gasteiger partial charge in [-0.3, -0.25) is 19.8 Å². The van der Waals surface area contributed by atoms with Crippen LogP contribution in [0.1, 0.15) is 40.0 Å². The number of carbonyl (C=O) groups is 3. The van der Waals surface area contributed by atoms with Crippen LogP contribution < -0.4 is 15.5 Å². The van der Waals surface area contributed by atoms with E-state index in [1.807, 2.05) is 6.07 Å². The summed E-state index contributed by atoms with van der Waals surface area (Å²) in [5, 5.41) is 15.1. The molecule has 1 saturated carbocycles. The van der Waals surface area contributed by atoms with Crippen molar-refractivity contribution in [3.8, 4) is 6.07 Å². The molecule has 4 heterocycles. The summed E-state index contributed by atoms with van der Waals surface area (Å²) in [7, 11) is 4.50. The Balaban J connectivity index is 1.61. The third-order valence-electron chi connectivity index (χ3n) is 6.62. The molecule has 1 aliphatic carbocycles. The number of nitrogens with zero attached hydrogens (tertiary/aromatic N) is 5. The van der Waals surface area contributed by atoms with Crippen LogP contribution in [0.4, 0.5) is 26.5 Å². The number of aromatic nitrogens is 2. The zero-order valence-electron chi connectivity index (χ0n) is 21.3. The van der Waals surface area contributed by atoms with Crippen LogP contribution in [0, 0.1) is 11.3 Å².